The minimum atomic E-state index is -0.385. The number of hydrogen-bond acceptors (Lipinski definition) is 3. The van der Waals surface area contributed by atoms with E-state index < -0.39 is 0 Å². The minimum Gasteiger partial charge on any atom is -0.497 e. The smallest absolute Gasteiger partial charge is 0.224 e. The average molecular weight is 285 g/mol. The van der Waals surface area contributed by atoms with Crippen LogP contribution in [0.4, 0.5) is 0 Å². The fraction of sp³-hybridized carbons (Fsp3) is 0.235. The van der Waals surface area contributed by atoms with Crippen molar-refractivity contribution in [3.63, 3.8) is 0 Å². The van der Waals surface area contributed by atoms with Crippen molar-refractivity contribution in [2.45, 2.75) is 12.5 Å². The molecule has 4 nitrogen and oxygen atoms in total. The Kier molecular flexibility index (Phi) is 5.35. The first-order valence-corrected chi connectivity index (χ1v) is 6.81. The molecule has 2 N–H and O–H groups in total. The summed E-state index contributed by atoms with van der Waals surface area (Å²) in [4.78, 5) is 12.1. The Morgan fingerprint density at radius 1 is 1.19 bits per heavy atom. The number of hydrogen-bond donors (Lipinski definition) is 2. The van der Waals surface area contributed by atoms with Gasteiger partial charge in [-0.25, -0.2) is 0 Å². The van der Waals surface area contributed by atoms with Gasteiger partial charge in [0.1, 0.15) is 5.75 Å². The molecule has 0 bridgehead atoms. The van der Waals surface area contributed by atoms with Crippen molar-refractivity contribution < 1.29 is 14.6 Å². The zero-order chi connectivity index (χ0) is 15.1. The summed E-state index contributed by atoms with van der Waals surface area (Å²) in [6.45, 7) is -0.131. The highest BCUT2D eigenvalue weighted by molar-refractivity contribution is 5.79. The Morgan fingerprint density at radius 3 is 2.62 bits per heavy atom. The molecule has 1 atom stereocenters. The lowest BCUT2D eigenvalue weighted by Gasteiger charge is -2.16. The van der Waals surface area contributed by atoms with Crippen molar-refractivity contribution in [1.29, 1.82) is 0 Å². The van der Waals surface area contributed by atoms with Crippen LogP contribution in [-0.4, -0.2) is 24.7 Å². The molecule has 2 aromatic carbocycles. The topological polar surface area (TPSA) is 58.6 Å². The largest absolute Gasteiger partial charge is 0.497 e. The molecule has 0 unspecified atom stereocenters. The zero-order valence-corrected chi connectivity index (χ0v) is 12.0. The zero-order valence-electron chi connectivity index (χ0n) is 12.0. The standard InChI is InChI=1S/C17H19NO3/c1-21-15-9-5-6-13(10-15)11-17(20)18-16(12-19)14-7-3-2-4-8-14/h2-10,16,19H,11-12H2,1H3,(H,18,20)/t16-/m0/s1. The van der Waals surface area contributed by atoms with Crippen LogP contribution >= 0.6 is 0 Å². The fourth-order valence-corrected chi connectivity index (χ4v) is 2.13. The molecule has 0 aliphatic carbocycles. The van der Waals surface area contributed by atoms with Crippen LogP contribution in [0.5, 0.6) is 5.75 Å². The second-order valence-electron chi connectivity index (χ2n) is 4.74. The summed E-state index contributed by atoms with van der Waals surface area (Å²) < 4.78 is 5.14. The average Bonchev–Trinajstić information content (AvgIpc) is 2.53. The summed E-state index contributed by atoms with van der Waals surface area (Å²) in [6, 6.07) is 16.4. The predicted octanol–water partition coefficient (Wildman–Crippen LogP) is 2.09. The van der Waals surface area contributed by atoms with Gasteiger partial charge in [-0.3, -0.25) is 4.79 Å². The number of nitrogens with one attached hydrogen (secondary N) is 1. The molecule has 1 amide bonds. The first-order chi connectivity index (χ1) is 10.2. The van der Waals surface area contributed by atoms with Crippen molar-refractivity contribution >= 4 is 5.91 Å². The van der Waals surface area contributed by atoms with Gasteiger partial charge in [-0.15, -0.1) is 0 Å². The Labute approximate surface area is 124 Å². The molecule has 4 heteroatoms. The first kappa shape index (κ1) is 15.1. The maximum absolute atomic E-state index is 12.1. The molecule has 0 aliphatic rings. The Bertz CT molecular complexity index is 584. The van der Waals surface area contributed by atoms with Crippen LogP contribution in [0.15, 0.2) is 54.6 Å². The van der Waals surface area contributed by atoms with E-state index in [-0.39, 0.29) is 25.0 Å². The number of methoxy groups -OCH3 is 1. The van der Waals surface area contributed by atoms with Gasteiger partial charge in [0.05, 0.1) is 26.2 Å². The van der Waals surface area contributed by atoms with E-state index in [9.17, 15) is 9.90 Å². The number of carbonyl (C=O) groups excluding carboxylic acids is 1. The van der Waals surface area contributed by atoms with Gasteiger partial charge in [0.15, 0.2) is 0 Å². The van der Waals surface area contributed by atoms with Gasteiger partial charge in [-0.2, -0.15) is 0 Å². The number of ether oxygens (including phenoxy) is 1. The number of rotatable bonds is 6. The molecule has 0 radical (unpaired) electrons. The lowest BCUT2D eigenvalue weighted by molar-refractivity contribution is -0.121. The molecule has 2 rings (SSSR count). The third-order valence-corrected chi connectivity index (χ3v) is 3.22. The van der Waals surface area contributed by atoms with Crippen LogP contribution in [0, 0.1) is 0 Å². The van der Waals surface area contributed by atoms with Crippen LogP contribution in [0.1, 0.15) is 17.2 Å². The predicted molar refractivity (Wildman–Crippen MR) is 81.1 cm³/mol. The number of aliphatic hydroxyl groups is 1. The van der Waals surface area contributed by atoms with Crippen molar-refractivity contribution in [2.75, 3.05) is 13.7 Å². The summed E-state index contributed by atoms with van der Waals surface area (Å²) in [7, 11) is 1.59. The third kappa shape index (κ3) is 4.33. The molecule has 0 aromatic heterocycles. The SMILES string of the molecule is COc1cccc(CC(=O)N[C@@H](CO)c2ccccc2)c1. The molecule has 0 aliphatic heterocycles. The van der Waals surface area contributed by atoms with E-state index in [4.69, 9.17) is 4.74 Å². The summed E-state index contributed by atoms with van der Waals surface area (Å²) >= 11 is 0. The van der Waals surface area contributed by atoms with Gasteiger partial charge in [0.25, 0.3) is 0 Å². The quantitative estimate of drug-likeness (QED) is 0.854. The van der Waals surface area contributed by atoms with Crippen molar-refractivity contribution in [3.05, 3.63) is 65.7 Å². The number of carbonyl (C=O) groups is 1. The highest BCUT2D eigenvalue weighted by Crippen LogP contribution is 2.15. The monoisotopic (exact) mass is 285 g/mol. The molecular weight excluding hydrogens is 266 g/mol. The Morgan fingerprint density at radius 2 is 1.95 bits per heavy atom. The van der Waals surface area contributed by atoms with Crippen molar-refractivity contribution in [1.82, 2.24) is 5.32 Å². The molecule has 0 saturated carbocycles. The van der Waals surface area contributed by atoms with E-state index >= 15 is 0 Å². The summed E-state index contributed by atoms with van der Waals surface area (Å²) in [5.41, 5.74) is 1.76. The van der Waals surface area contributed by atoms with Crippen LogP contribution in [0.25, 0.3) is 0 Å². The lowest BCUT2D eigenvalue weighted by Crippen LogP contribution is -2.31. The molecule has 2 aromatic rings. The molecule has 0 spiro atoms. The maximum atomic E-state index is 12.1. The number of aliphatic hydroxyl groups excluding tert-OH is 1. The fourth-order valence-electron chi connectivity index (χ4n) is 2.13. The van der Waals surface area contributed by atoms with E-state index in [1.165, 1.54) is 0 Å². The molecule has 0 heterocycles. The molecule has 0 saturated heterocycles. The highest BCUT2D eigenvalue weighted by Gasteiger charge is 2.13. The number of amides is 1. The van der Waals surface area contributed by atoms with E-state index in [1.54, 1.807) is 7.11 Å². The first-order valence-electron chi connectivity index (χ1n) is 6.81. The minimum absolute atomic E-state index is 0.131. The van der Waals surface area contributed by atoms with Gasteiger partial charge in [0, 0.05) is 0 Å². The van der Waals surface area contributed by atoms with Crippen molar-refractivity contribution in [2.24, 2.45) is 0 Å². The maximum Gasteiger partial charge on any atom is 0.224 e. The second-order valence-corrected chi connectivity index (χ2v) is 4.74. The Hall–Kier alpha value is -2.33. The van der Waals surface area contributed by atoms with Gasteiger partial charge in [-0.05, 0) is 23.3 Å². The van der Waals surface area contributed by atoms with E-state index in [1.807, 2.05) is 54.6 Å². The molecule has 21 heavy (non-hydrogen) atoms. The van der Waals surface area contributed by atoms with Gasteiger partial charge in [-0.1, -0.05) is 42.5 Å². The lowest BCUT2D eigenvalue weighted by atomic mass is 10.1. The molecular formula is C17H19NO3. The summed E-state index contributed by atoms with van der Waals surface area (Å²) in [5.74, 6) is 0.591. The van der Waals surface area contributed by atoms with Gasteiger partial charge >= 0.3 is 0 Å². The van der Waals surface area contributed by atoms with Crippen LogP contribution in [-0.2, 0) is 11.2 Å². The number of benzene rings is 2. The van der Waals surface area contributed by atoms with Gasteiger partial charge in [0.2, 0.25) is 5.91 Å². The molecule has 110 valence electrons. The third-order valence-electron chi connectivity index (χ3n) is 3.22. The van der Waals surface area contributed by atoms with Crippen LogP contribution < -0.4 is 10.1 Å². The van der Waals surface area contributed by atoms with Crippen LogP contribution in [0.2, 0.25) is 0 Å². The Balaban J connectivity index is 2.00. The van der Waals surface area contributed by atoms with E-state index in [0.29, 0.717) is 0 Å². The van der Waals surface area contributed by atoms with E-state index in [2.05, 4.69) is 5.32 Å². The highest BCUT2D eigenvalue weighted by atomic mass is 16.5. The summed E-state index contributed by atoms with van der Waals surface area (Å²) in [5, 5.41) is 12.3. The van der Waals surface area contributed by atoms with Crippen LogP contribution in [0.3, 0.4) is 0 Å². The molecule has 0 fully saturated rings. The summed E-state index contributed by atoms with van der Waals surface area (Å²) in [6.07, 6.45) is 0.251. The van der Waals surface area contributed by atoms with Gasteiger partial charge < -0.3 is 15.2 Å². The van der Waals surface area contributed by atoms with Crippen molar-refractivity contribution in [3.8, 4) is 5.75 Å². The van der Waals surface area contributed by atoms with E-state index in [0.717, 1.165) is 16.9 Å². The second kappa shape index (κ2) is 7.45. The normalized spacial score (nSPS) is 11.7.